The van der Waals surface area contributed by atoms with Gasteiger partial charge >= 0.3 is 6.03 Å². The number of carbonyl (C=O) groups is 3. The summed E-state index contributed by atoms with van der Waals surface area (Å²) in [4.78, 5) is 36.5. The molecule has 0 heterocycles. The second-order valence-corrected chi connectivity index (χ2v) is 4.94. The first-order chi connectivity index (χ1) is 10.9. The maximum Gasteiger partial charge on any atom is 0.321 e. The monoisotopic (exact) mass is 322 g/mol. The van der Waals surface area contributed by atoms with Gasteiger partial charge in [-0.05, 0) is 26.1 Å². The van der Waals surface area contributed by atoms with Crippen molar-refractivity contribution in [2.75, 3.05) is 33.1 Å². The van der Waals surface area contributed by atoms with Gasteiger partial charge in [-0.2, -0.15) is 0 Å². The number of methoxy groups -OCH3 is 1. The number of ether oxygens (including phenoxy) is 1. The van der Waals surface area contributed by atoms with Crippen LogP contribution in [0.15, 0.2) is 24.3 Å². The fourth-order valence-electron chi connectivity index (χ4n) is 1.74. The lowest BCUT2D eigenvalue weighted by Gasteiger charge is -2.22. The van der Waals surface area contributed by atoms with Gasteiger partial charge in [0.05, 0.1) is 19.7 Å². The first-order valence-corrected chi connectivity index (χ1v) is 7.04. The molecule has 1 atom stereocenters. The van der Waals surface area contributed by atoms with Crippen LogP contribution in [0.5, 0.6) is 5.75 Å². The summed E-state index contributed by atoms with van der Waals surface area (Å²) in [5.41, 5.74) is 0.602. The third-order valence-electron chi connectivity index (χ3n) is 3.25. The number of benzene rings is 1. The van der Waals surface area contributed by atoms with Crippen LogP contribution in [-0.2, 0) is 9.59 Å². The third-order valence-corrected chi connectivity index (χ3v) is 3.25. The molecule has 0 saturated carbocycles. The maximum atomic E-state index is 12.0. The van der Waals surface area contributed by atoms with E-state index in [4.69, 9.17) is 4.74 Å². The Hall–Kier alpha value is -2.61. The number of urea groups is 1. The summed E-state index contributed by atoms with van der Waals surface area (Å²) in [5, 5.41) is 7.18. The van der Waals surface area contributed by atoms with Crippen molar-refractivity contribution in [3.63, 3.8) is 0 Å². The van der Waals surface area contributed by atoms with Crippen molar-refractivity contribution < 1.29 is 19.1 Å². The molecular formula is C15H22N4O4. The molecule has 8 heteroatoms. The molecule has 1 aromatic rings. The number of hydrogen-bond acceptors (Lipinski definition) is 5. The van der Waals surface area contributed by atoms with Gasteiger partial charge in [0.25, 0.3) is 0 Å². The summed E-state index contributed by atoms with van der Waals surface area (Å²) >= 11 is 0. The molecular weight excluding hydrogens is 300 g/mol. The van der Waals surface area contributed by atoms with Gasteiger partial charge in [0.2, 0.25) is 11.8 Å². The molecule has 3 N–H and O–H groups in total. The summed E-state index contributed by atoms with van der Waals surface area (Å²) < 4.78 is 5.08. The smallest absolute Gasteiger partial charge is 0.321 e. The van der Waals surface area contributed by atoms with E-state index in [9.17, 15) is 14.4 Å². The highest BCUT2D eigenvalue weighted by molar-refractivity contribution is 5.97. The van der Waals surface area contributed by atoms with E-state index in [1.807, 2.05) is 0 Å². The Labute approximate surface area is 135 Å². The fourth-order valence-corrected chi connectivity index (χ4v) is 1.74. The van der Waals surface area contributed by atoms with Crippen LogP contribution in [0, 0.1) is 0 Å². The van der Waals surface area contributed by atoms with Gasteiger partial charge in [0.1, 0.15) is 5.75 Å². The summed E-state index contributed by atoms with van der Waals surface area (Å²) in [6.45, 7) is 1.61. The molecule has 0 bridgehead atoms. The van der Waals surface area contributed by atoms with Gasteiger partial charge in [0, 0.05) is 18.8 Å². The molecule has 126 valence electrons. The molecule has 0 fully saturated rings. The van der Waals surface area contributed by atoms with Gasteiger partial charge < -0.3 is 15.4 Å². The van der Waals surface area contributed by atoms with Crippen LogP contribution >= 0.6 is 0 Å². The topological polar surface area (TPSA) is 99.8 Å². The van der Waals surface area contributed by atoms with Gasteiger partial charge in [-0.15, -0.1) is 0 Å². The molecule has 1 aromatic carbocycles. The standard InChI is InChI=1S/C15H22N4O4/c1-10(14(21)18-15(22)16-2)19(3)9-13(20)17-11-6-5-7-12(8-11)23-4/h5-8,10H,9H2,1-4H3,(H,17,20)(H2,16,18,21,22). The number of anilines is 1. The molecule has 0 saturated heterocycles. The van der Waals surface area contributed by atoms with E-state index in [-0.39, 0.29) is 12.5 Å². The first kappa shape index (κ1) is 18.4. The Bertz CT molecular complexity index is 576. The minimum Gasteiger partial charge on any atom is -0.497 e. The molecule has 0 aliphatic heterocycles. The van der Waals surface area contributed by atoms with Crippen molar-refractivity contribution in [3.8, 4) is 5.75 Å². The van der Waals surface area contributed by atoms with Crippen LogP contribution in [0.25, 0.3) is 0 Å². The quantitative estimate of drug-likeness (QED) is 0.704. The molecule has 4 amide bonds. The van der Waals surface area contributed by atoms with Crippen LogP contribution in [0.3, 0.4) is 0 Å². The zero-order chi connectivity index (χ0) is 17.4. The molecule has 1 unspecified atom stereocenters. The lowest BCUT2D eigenvalue weighted by atomic mass is 10.2. The van der Waals surface area contributed by atoms with Crippen molar-refractivity contribution in [2.45, 2.75) is 13.0 Å². The molecule has 8 nitrogen and oxygen atoms in total. The zero-order valence-corrected chi connectivity index (χ0v) is 13.7. The molecule has 1 rings (SSSR count). The molecule has 23 heavy (non-hydrogen) atoms. The van der Waals surface area contributed by atoms with Gasteiger partial charge in [0.15, 0.2) is 0 Å². The molecule has 0 aliphatic carbocycles. The Kier molecular flexibility index (Phi) is 7.01. The average molecular weight is 322 g/mol. The second kappa shape index (κ2) is 8.74. The maximum absolute atomic E-state index is 12.0. The van der Waals surface area contributed by atoms with Crippen LogP contribution in [0.4, 0.5) is 10.5 Å². The van der Waals surface area contributed by atoms with Gasteiger partial charge in [-0.3, -0.25) is 19.8 Å². The van der Waals surface area contributed by atoms with E-state index in [0.717, 1.165) is 0 Å². The average Bonchev–Trinajstić information content (AvgIpc) is 2.53. The van der Waals surface area contributed by atoms with E-state index in [1.165, 1.54) is 11.9 Å². The molecule has 0 aliphatic rings. The number of carbonyl (C=O) groups excluding carboxylic acids is 3. The molecule has 0 aromatic heterocycles. The van der Waals surface area contributed by atoms with Crippen molar-refractivity contribution in [2.24, 2.45) is 0 Å². The minimum absolute atomic E-state index is 0.000456. The highest BCUT2D eigenvalue weighted by Gasteiger charge is 2.21. The lowest BCUT2D eigenvalue weighted by Crippen LogP contribution is -2.49. The Balaban J connectivity index is 2.55. The van der Waals surface area contributed by atoms with Crippen molar-refractivity contribution in [3.05, 3.63) is 24.3 Å². The summed E-state index contributed by atoms with van der Waals surface area (Å²) in [6.07, 6.45) is 0. The largest absolute Gasteiger partial charge is 0.497 e. The van der Waals surface area contributed by atoms with E-state index >= 15 is 0 Å². The number of imide groups is 1. The number of rotatable bonds is 6. The van der Waals surface area contributed by atoms with Gasteiger partial charge in [-0.25, -0.2) is 4.79 Å². The third kappa shape index (κ3) is 5.95. The van der Waals surface area contributed by atoms with Crippen molar-refractivity contribution in [1.29, 1.82) is 0 Å². The summed E-state index contributed by atoms with van der Waals surface area (Å²) in [5.74, 6) is -0.129. The zero-order valence-electron chi connectivity index (χ0n) is 13.7. The van der Waals surface area contributed by atoms with E-state index in [1.54, 1.807) is 45.3 Å². The second-order valence-electron chi connectivity index (χ2n) is 4.94. The number of nitrogens with zero attached hydrogens (tertiary/aromatic N) is 1. The predicted molar refractivity (Wildman–Crippen MR) is 86.3 cm³/mol. The number of amides is 4. The van der Waals surface area contributed by atoms with Crippen LogP contribution in [-0.4, -0.2) is 56.5 Å². The van der Waals surface area contributed by atoms with Gasteiger partial charge in [-0.1, -0.05) is 6.07 Å². The SMILES string of the molecule is CNC(=O)NC(=O)C(C)N(C)CC(=O)Nc1cccc(OC)c1. The first-order valence-electron chi connectivity index (χ1n) is 7.04. The lowest BCUT2D eigenvalue weighted by molar-refractivity contribution is -0.125. The van der Waals surface area contributed by atoms with E-state index in [2.05, 4.69) is 16.0 Å². The van der Waals surface area contributed by atoms with Crippen LogP contribution < -0.4 is 20.7 Å². The highest BCUT2D eigenvalue weighted by Crippen LogP contribution is 2.16. The minimum atomic E-state index is -0.636. The Morgan fingerprint density at radius 3 is 2.61 bits per heavy atom. The Morgan fingerprint density at radius 2 is 2.00 bits per heavy atom. The summed E-state index contributed by atoms with van der Waals surface area (Å²) in [6, 6.07) is 5.74. The predicted octanol–water partition coefficient (Wildman–Crippen LogP) is 0.410. The Morgan fingerprint density at radius 1 is 1.30 bits per heavy atom. The highest BCUT2D eigenvalue weighted by atomic mass is 16.5. The van der Waals surface area contributed by atoms with E-state index < -0.39 is 18.0 Å². The van der Waals surface area contributed by atoms with Crippen molar-refractivity contribution >= 4 is 23.5 Å². The van der Waals surface area contributed by atoms with E-state index in [0.29, 0.717) is 11.4 Å². The number of hydrogen-bond donors (Lipinski definition) is 3. The fraction of sp³-hybridized carbons (Fsp3) is 0.400. The van der Waals surface area contributed by atoms with Crippen LogP contribution in [0.2, 0.25) is 0 Å². The number of nitrogens with one attached hydrogen (secondary N) is 3. The summed E-state index contributed by atoms with van der Waals surface area (Å²) in [7, 11) is 4.58. The molecule has 0 radical (unpaired) electrons. The van der Waals surface area contributed by atoms with Crippen molar-refractivity contribution in [1.82, 2.24) is 15.5 Å². The normalized spacial score (nSPS) is 11.5. The molecule has 0 spiro atoms. The number of likely N-dealkylation sites (N-methyl/N-ethyl adjacent to an activating group) is 1. The van der Waals surface area contributed by atoms with Crippen LogP contribution in [0.1, 0.15) is 6.92 Å².